The molecule has 2 N–H and O–H groups in total. The van der Waals surface area contributed by atoms with E-state index in [0.717, 1.165) is 45.3 Å². The van der Waals surface area contributed by atoms with Gasteiger partial charge in [-0.1, -0.05) is 29.3 Å². The Morgan fingerprint density at radius 1 is 1.07 bits per heavy atom. The topological polar surface area (TPSA) is 107 Å². The van der Waals surface area contributed by atoms with Crippen molar-refractivity contribution in [3.8, 4) is 23.0 Å². The van der Waals surface area contributed by atoms with Gasteiger partial charge in [0.2, 0.25) is 0 Å². The van der Waals surface area contributed by atoms with Gasteiger partial charge in [0.15, 0.2) is 23.1 Å². The van der Waals surface area contributed by atoms with Crippen LogP contribution in [0.5, 0.6) is 23.0 Å². The number of carbonyl (C=O) groups excluding carboxylic acids is 1. The second-order valence-electron chi connectivity index (χ2n) is 9.72. The van der Waals surface area contributed by atoms with Crippen molar-refractivity contribution < 1.29 is 28.1 Å². The molecule has 1 saturated heterocycles. The summed E-state index contributed by atoms with van der Waals surface area (Å²) in [5.74, 6) is 0.721. The molecule has 3 aromatic carbocycles. The number of morpholine rings is 1. The van der Waals surface area contributed by atoms with Gasteiger partial charge in [0, 0.05) is 59.6 Å². The van der Waals surface area contributed by atoms with Crippen LogP contribution in [0.15, 0.2) is 65.9 Å². The molecule has 1 aromatic heterocycles. The highest BCUT2D eigenvalue weighted by molar-refractivity contribution is 6.36. The highest BCUT2D eigenvalue weighted by Gasteiger charge is 2.15. The molecule has 2 heterocycles. The number of urea groups is 1. The van der Waals surface area contributed by atoms with E-state index in [1.807, 2.05) is 0 Å². The number of carbonyl (C=O) groups is 1. The predicted molar refractivity (Wildman–Crippen MR) is 168 cm³/mol. The predicted octanol–water partition coefficient (Wildman–Crippen LogP) is 6.74. The Morgan fingerprint density at radius 2 is 1.91 bits per heavy atom. The molecule has 1 aliphatic heterocycles. The van der Waals surface area contributed by atoms with Crippen LogP contribution < -0.4 is 25.0 Å². The molecule has 0 radical (unpaired) electrons. The van der Waals surface area contributed by atoms with E-state index < -0.39 is 11.8 Å². The molecule has 13 heteroatoms. The Hall–Kier alpha value is -4.16. The standard InChI is InChI=1S/C31H30Cl2FN5O5/c1-41-29-17-23-26(18-30(29)43-12-2-9-39-10-13-42-14-11-39)35-8-7-27(23)44-28-6-5-22(16-25(28)34)37-31(40)38-36-19-20-3-4-21(32)15-24(20)33/h3-8,15-19H,2,9-14H2,1H3,(H2,37,38,40)/b36-19+. The van der Waals surface area contributed by atoms with E-state index in [1.165, 1.54) is 18.3 Å². The second kappa shape index (κ2) is 15.0. The average Bonchev–Trinajstić information content (AvgIpc) is 3.02. The van der Waals surface area contributed by atoms with Crippen LogP contribution in [0.2, 0.25) is 10.0 Å². The molecule has 0 atom stereocenters. The SMILES string of the molecule is COc1cc2c(Oc3ccc(NC(=O)N/N=C/c4ccc(Cl)cc4Cl)cc3F)ccnc2cc1OCCCN1CCOCC1. The summed E-state index contributed by atoms with van der Waals surface area (Å²) in [4.78, 5) is 19.0. The summed E-state index contributed by atoms with van der Waals surface area (Å²) < 4.78 is 37.9. The number of rotatable bonds is 11. The number of nitrogens with one attached hydrogen (secondary N) is 2. The third-order valence-electron chi connectivity index (χ3n) is 6.71. The number of aromatic nitrogens is 1. The largest absolute Gasteiger partial charge is 0.493 e. The molecule has 0 unspecified atom stereocenters. The fourth-order valence-corrected chi connectivity index (χ4v) is 4.95. The average molecular weight is 643 g/mol. The summed E-state index contributed by atoms with van der Waals surface area (Å²) >= 11 is 12.0. The van der Waals surface area contributed by atoms with E-state index in [0.29, 0.717) is 50.4 Å². The zero-order valence-electron chi connectivity index (χ0n) is 23.8. The zero-order valence-corrected chi connectivity index (χ0v) is 25.3. The summed E-state index contributed by atoms with van der Waals surface area (Å²) in [7, 11) is 1.55. The fourth-order valence-electron chi connectivity index (χ4n) is 4.49. The van der Waals surface area contributed by atoms with Crippen LogP contribution in [-0.4, -0.2) is 68.7 Å². The second-order valence-corrected chi connectivity index (χ2v) is 10.6. The third kappa shape index (κ3) is 8.26. The minimum absolute atomic E-state index is 0.0405. The molecule has 0 bridgehead atoms. The minimum atomic E-state index is -0.684. The summed E-state index contributed by atoms with van der Waals surface area (Å²) in [5, 5.41) is 7.84. The molecule has 0 aliphatic carbocycles. The van der Waals surface area contributed by atoms with E-state index in [4.69, 9.17) is 42.1 Å². The molecule has 5 rings (SSSR count). The summed E-state index contributed by atoms with van der Waals surface area (Å²) in [5.41, 5.74) is 3.66. The number of hydrogen-bond acceptors (Lipinski definition) is 8. The van der Waals surface area contributed by atoms with Crippen molar-refractivity contribution in [1.82, 2.24) is 15.3 Å². The number of methoxy groups -OCH3 is 1. The Kier molecular flexibility index (Phi) is 10.7. The number of amides is 2. The highest BCUT2D eigenvalue weighted by atomic mass is 35.5. The number of hydrazone groups is 1. The van der Waals surface area contributed by atoms with Gasteiger partial charge in [0.1, 0.15) is 5.75 Å². The molecule has 10 nitrogen and oxygen atoms in total. The quantitative estimate of drug-likeness (QED) is 0.106. The van der Waals surface area contributed by atoms with Gasteiger partial charge in [-0.05, 0) is 42.8 Å². The minimum Gasteiger partial charge on any atom is -0.493 e. The van der Waals surface area contributed by atoms with Crippen LogP contribution in [0.25, 0.3) is 10.9 Å². The summed E-state index contributed by atoms with van der Waals surface area (Å²) in [6.07, 6.45) is 3.79. The lowest BCUT2D eigenvalue weighted by Gasteiger charge is -2.26. The van der Waals surface area contributed by atoms with Gasteiger partial charge in [-0.3, -0.25) is 9.88 Å². The first kappa shape index (κ1) is 31.3. The van der Waals surface area contributed by atoms with Crippen LogP contribution in [0.4, 0.5) is 14.9 Å². The Balaban J connectivity index is 1.21. The highest BCUT2D eigenvalue weighted by Crippen LogP contribution is 2.38. The monoisotopic (exact) mass is 641 g/mol. The van der Waals surface area contributed by atoms with Crippen molar-refractivity contribution in [3.05, 3.63) is 82.2 Å². The first-order valence-electron chi connectivity index (χ1n) is 13.8. The molecular formula is C31H30Cl2FN5O5. The number of anilines is 1. The molecular weight excluding hydrogens is 612 g/mol. The van der Waals surface area contributed by atoms with Gasteiger partial charge in [0.05, 0.1) is 43.7 Å². The van der Waals surface area contributed by atoms with Gasteiger partial charge in [-0.2, -0.15) is 5.10 Å². The van der Waals surface area contributed by atoms with E-state index in [-0.39, 0.29) is 11.4 Å². The van der Waals surface area contributed by atoms with Crippen LogP contribution in [-0.2, 0) is 4.74 Å². The van der Waals surface area contributed by atoms with Crippen molar-refractivity contribution in [3.63, 3.8) is 0 Å². The fraction of sp³-hybridized carbons (Fsp3) is 0.258. The van der Waals surface area contributed by atoms with Crippen molar-refractivity contribution in [2.45, 2.75) is 6.42 Å². The molecule has 44 heavy (non-hydrogen) atoms. The first-order valence-corrected chi connectivity index (χ1v) is 14.6. The number of ether oxygens (including phenoxy) is 4. The maximum Gasteiger partial charge on any atom is 0.339 e. The lowest BCUT2D eigenvalue weighted by molar-refractivity contribution is 0.0357. The molecule has 0 spiro atoms. The summed E-state index contributed by atoms with van der Waals surface area (Å²) in [6, 6.07) is 13.4. The zero-order chi connectivity index (χ0) is 30.9. The molecule has 0 saturated carbocycles. The van der Waals surface area contributed by atoms with E-state index in [1.54, 1.807) is 49.7 Å². The molecule has 1 fully saturated rings. The van der Waals surface area contributed by atoms with Crippen LogP contribution in [0, 0.1) is 5.82 Å². The number of pyridine rings is 1. The van der Waals surface area contributed by atoms with Crippen molar-refractivity contribution in [2.24, 2.45) is 5.10 Å². The normalized spacial score (nSPS) is 13.6. The number of hydrogen-bond donors (Lipinski definition) is 2. The number of halogens is 3. The first-order chi connectivity index (χ1) is 21.4. The maximum atomic E-state index is 15.0. The smallest absolute Gasteiger partial charge is 0.339 e. The number of benzene rings is 3. The lowest BCUT2D eigenvalue weighted by atomic mass is 10.1. The molecule has 2 amide bonds. The number of nitrogens with zero attached hydrogens (tertiary/aromatic N) is 3. The third-order valence-corrected chi connectivity index (χ3v) is 7.27. The summed E-state index contributed by atoms with van der Waals surface area (Å²) in [6.45, 7) is 4.82. The van der Waals surface area contributed by atoms with Crippen molar-refractivity contribution >= 4 is 52.0 Å². The van der Waals surface area contributed by atoms with Crippen LogP contribution >= 0.6 is 23.2 Å². The molecule has 1 aliphatic rings. The number of fused-ring (bicyclic) bond motifs is 1. The van der Waals surface area contributed by atoms with E-state index in [2.05, 4.69) is 25.7 Å². The van der Waals surface area contributed by atoms with E-state index in [9.17, 15) is 4.79 Å². The lowest BCUT2D eigenvalue weighted by Crippen LogP contribution is -2.37. The van der Waals surface area contributed by atoms with Gasteiger partial charge in [-0.25, -0.2) is 14.6 Å². The Bertz CT molecular complexity index is 1650. The van der Waals surface area contributed by atoms with Gasteiger partial charge in [-0.15, -0.1) is 0 Å². The Labute approximate surface area is 263 Å². The van der Waals surface area contributed by atoms with Gasteiger partial charge < -0.3 is 24.3 Å². The Morgan fingerprint density at radius 3 is 2.68 bits per heavy atom. The molecule has 230 valence electrons. The van der Waals surface area contributed by atoms with E-state index >= 15 is 4.39 Å². The van der Waals surface area contributed by atoms with Crippen molar-refractivity contribution in [2.75, 3.05) is 51.9 Å². The van der Waals surface area contributed by atoms with Crippen LogP contribution in [0.1, 0.15) is 12.0 Å². The van der Waals surface area contributed by atoms with Gasteiger partial charge in [0.25, 0.3) is 0 Å². The van der Waals surface area contributed by atoms with Gasteiger partial charge >= 0.3 is 6.03 Å². The van der Waals surface area contributed by atoms with Crippen molar-refractivity contribution in [1.29, 1.82) is 0 Å². The molecule has 4 aromatic rings. The maximum absolute atomic E-state index is 15.0. The van der Waals surface area contributed by atoms with Crippen LogP contribution in [0.3, 0.4) is 0 Å².